The van der Waals surface area contributed by atoms with Crippen LogP contribution in [0.4, 0.5) is 11.4 Å². The van der Waals surface area contributed by atoms with Crippen molar-refractivity contribution >= 4 is 48.7 Å². The Morgan fingerprint density at radius 3 is 0.893 bits per heavy atom. The van der Waals surface area contributed by atoms with Gasteiger partial charge in [0.15, 0.2) is 0 Å². The first kappa shape index (κ1) is 38.6. The minimum absolute atomic E-state index is 0.903. The van der Waals surface area contributed by atoms with Crippen LogP contribution in [0.1, 0.15) is 92.4 Å². The second kappa shape index (κ2) is 16.3. The van der Waals surface area contributed by atoms with E-state index in [0.717, 1.165) is 25.7 Å². The maximum atomic E-state index is 4.36. The second-order valence-corrected chi connectivity index (χ2v) is 20.8. The fraction of sp³-hybridized carbons (Fsp3) is 0.308. The summed E-state index contributed by atoms with van der Waals surface area (Å²) in [5.74, 6) is 0. The molecule has 2 aliphatic carbocycles. The quantitative estimate of drug-likeness (QED) is 0.143. The highest BCUT2D eigenvalue weighted by Gasteiger charge is 2.28. The lowest BCUT2D eigenvalue weighted by molar-refractivity contribution is 0.682. The maximum absolute atomic E-state index is 4.36. The van der Waals surface area contributed by atoms with Crippen LogP contribution in [0.25, 0.3) is 11.1 Å². The Bertz CT molecular complexity index is 2090. The van der Waals surface area contributed by atoms with Crippen molar-refractivity contribution in [3.63, 3.8) is 0 Å². The number of fused-ring (bicyclic) bond motifs is 2. The average molecular weight is 773 g/mol. The number of anilines is 2. The molecule has 2 aliphatic rings. The van der Waals surface area contributed by atoms with Crippen molar-refractivity contribution in [2.24, 2.45) is 0 Å². The monoisotopic (exact) mass is 772 g/mol. The summed E-state index contributed by atoms with van der Waals surface area (Å²) < 4.78 is 0. The average Bonchev–Trinajstić information content (AvgIpc) is 3.14. The summed E-state index contributed by atoms with van der Waals surface area (Å²) in [6, 6.07) is 38.4. The summed E-state index contributed by atoms with van der Waals surface area (Å²) in [6.07, 6.45) is 9.56. The van der Waals surface area contributed by atoms with Crippen LogP contribution in [0.15, 0.2) is 97.1 Å². The second-order valence-electron chi connectivity index (χ2n) is 16.9. The van der Waals surface area contributed by atoms with Gasteiger partial charge >= 0.3 is 0 Å². The standard InChI is InChI=1S/C52H58N2P2/c1-33-21-34(2)26-43(25-33)55(44-27-35(3)22-36(4)28-44)53-49-19-17-41-13-9-11-15-47(41)51(49)52-48-16-12-10-14-42(48)18-20-50(52)54-56(45-29-37(5)23-38(6)30-45)46-31-39(7)24-40(8)32-46/h17-32,53-54H,9-16H2,1-8H3. The number of benzene rings is 6. The highest BCUT2D eigenvalue weighted by atomic mass is 31.1. The van der Waals surface area contributed by atoms with Crippen LogP contribution in [0.2, 0.25) is 0 Å². The molecular weight excluding hydrogens is 715 g/mol. The Kier molecular flexibility index (Phi) is 11.3. The minimum atomic E-state index is -0.903. The molecule has 0 heterocycles. The van der Waals surface area contributed by atoms with Crippen molar-refractivity contribution in [1.82, 2.24) is 0 Å². The third kappa shape index (κ3) is 8.26. The van der Waals surface area contributed by atoms with Gasteiger partial charge in [0, 0.05) is 43.7 Å². The summed E-state index contributed by atoms with van der Waals surface area (Å²) in [4.78, 5) is 0. The summed E-state index contributed by atoms with van der Waals surface area (Å²) >= 11 is 0. The lowest BCUT2D eigenvalue weighted by Crippen LogP contribution is -2.21. The van der Waals surface area contributed by atoms with E-state index in [1.807, 2.05) is 0 Å². The molecule has 0 bridgehead atoms. The molecule has 2 N–H and O–H groups in total. The lowest BCUT2D eigenvalue weighted by Gasteiger charge is -2.32. The smallest absolute Gasteiger partial charge is 0.0523 e. The van der Waals surface area contributed by atoms with Crippen molar-refractivity contribution < 1.29 is 0 Å². The Hall–Kier alpha value is -4.22. The number of nitrogens with one attached hydrogen (secondary N) is 2. The van der Waals surface area contributed by atoms with E-state index in [-0.39, 0.29) is 0 Å². The van der Waals surface area contributed by atoms with Crippen LogP contribution < -0.4 is 31.4 Å². The molecule has 0 saturated heterocycles. The molecule has 2 nitrogen and oxygen atoms in total. The van der Waals surface area contributed by atoms with Gasteiger partial charge in [0.05, 0.1) is 16.1 Å². The molecule has 0 aliphatic heterocycles. The SMILES string of the molecule is Cc1cc(C)cc(P(Nc2ccc3c(c2-c2c(NP(c4cc(C)cc(C)c4)c4cc(C)cc(C)c4)ccc4c2CCCC4)CCCC3)c2cc(C)cc(C)c2)c1. The van der Waals surface area contributed by atoms with Gasteiger partial charge in [-0.25, -0.2) is 0 Å². The lowest BCUT2D eigenvalue weighted by atomic mass is 9.79. The van der Waals surface area contributed by atoms with Crippen molar-refractivity contribution in [2.45, 2.75) is 107 Å². The largest absolute Gasteiger partial charge is 0.356 e. The van der Waals surface area contributed by atoms with Gasteiger partial charge in [0.2, 0.25) is 0 Å². The van der Waals surface area contributed by atoms with Gasteiger partial charge in [-0.15, -0.1) is 0 Å². The normalized spacial score (nSPS) is 13.8. The Labute approximate surface area is 339 Å². The molecule has 286 valence electrons. The predicted molar refractivity (Wildman–Crippen MR) is 248 cm³/mol. The van der Waals surface area contributed by atoms with Gasteiger partial charge in [-0.2, -0.15) is 0 Å². The van der Waals surface area contributed by atoms with Crippen molar-refractivity contribution in [3.05, 3.63) is 164 Å². The van der Waals surface area contributed by atoms with E-state index in [9.17, 15) is 0 Å². The van der Waals surface area contributed by atoms with E-state index in [0.29, 0.717) is 0 Å². The molecule has 4 heteroatoms. The van der Waals surface area contributed by atoms with Crippen molar-refractivity contribution in [3.8, 4) is 11.1 Å². The molecular formula is C52H58N2P2. The van der Waals surface area contributed by atoms with E-state index in [1.54, 1.807) is 11.1 Å². The van der Waals surface area contributed by atoms with E-state index < -0.39 is 16.1 Å². The minimum Gasteiger partial charge on any atom is -0.356 e. The topological polar surface area (TPSA) is 24.1 Å². The molecule has 6 aromatic carbocycles. The highest BCUT2D eigenvalue weighted by Crippen LogP contribution is 2.50. The summed E-state index contributed by atoms with van der Waals surface area (Å²) in [6.45, 7) is 18.0. The number of rotatable bonds is 9. The molecule has 0 radical (unpaired) electrons. The first-order valence-corrected chi connectivity index (χ1v) is 23.4. The van der Waals surface area contributed by atoms with E-state index >= 15 is 0 Å². The molecule has 6 aromatic rings. The zero-order chi connectivity index (χ0) is 39.1. The number of aryl methyl sites for hydroxylation is 10. The van der Waals surface area contributed by atoms with Crippen LogP contribution in [-0.4, -0.2) is 0 Å². The molecule has 0 aromatic heterocycles. The maximum Gasteiger partial charge on any atom is 0.0523 e. The van der Waals surface area contributed by atoms with E-state index in [2.05, 4.69) is 163 Å². The number of hydrogen-bond donors (Lipinski definition) is 2. The Morgan fingerprint density at radius 2 is 0.607 bits per heavy atom. The highest BCUT2D eigenvalue weighted by molar-refractivity contribution is 7.74. The first-order chi connectivity index (χ1) is 27.0. The zero-order valence-corrected chi connectivity index (χ0v) is 36.6. The van der Waals surface area contributed by atoms with Crippen molar-refractivity contribution in [1.29, 1.82) is 0 Å². The Balaban J connectivity index is 1.37. The molecule has 8 rings (SSSR count). The van der Waals surface area contributed by atoms with Gasteiger partial charge in [-0.3, -0.25) is 0 Å². The molecule has 0 amide bonds. The van der Waals surface area contributed by atoms with Crippen LogP contribution in [0.3, 0.4) is 0 Å². The molecule has 0 spiro atoms. The number of hydrogen-bond acceptors (Lipinski definition) is 2. The van der Waals surface area contributed by atoms with E-state index in [1.165, 1.54) is 125 Å². The Morgan fingerprint density at radius 1 is 0.339 bits per heavy atom. The predicted octanol–water partition coefficient (Wildman–Crippen LogP) is 12.5. The zero-order valence-electron chi connectivity index (χ0n) is 34.8. The van der Waals surface area contributed by atoms with E-state index in [4.69, 9.17) is 0 Å². The third-order valence-electron chi connectivity index (χ3n) is 11.6. The molecule has 0 atom stereocenters. The van der Waals surface area contributed by atoms with Gasteiger partial charge in [-0.05, 0) is 190 Å². The molecule has 0 unspecified atom stereocenters. The van der Waals surface area contributed by atoms with Crippen LogP contribution in [-0.2, 0) is 25.7 Å². The third-order valence-corrected chi connectivity index (χ3v) is 15.7. The van der Waals surface area contributed by atoms with Gasteiger partial charge in [-0.1, -0.05) is 80.9 Å². The summed E-state index contributed by atoms with van der Waals surface area (Å²) in [5, 5.41) is 14.2. The van der Waals surface area contributed by atoms with Crippen LogP contribution in [0.5, 0.6) is 0 Å². The van der Waals surface area contributed by atoms with Crippen LogP contribution in [0, 0.1) is 55.4 Å². The molecule has 56 heavy (non-hydrogen) atoms. The first-order valence-electron chi connectivity index (χ1n) is 20.8. The fourth-order valence-corrected chi connectivity index (χ4v) is 14.2. The van der Waals surface area contributed by atoms with Crippen LogP contribution >= 0.6 is 16.1 Å². The van der Waals surface area contributed by atoms with Crippen molar-refractivity contribution in [2.75, 3.05) is 10.2 Å². The molecule has 0 fully saturated rings. The van der Waals surface area contributed by atoms with Gasteiger partial charge in [0.25, 0.3) is 0 Å². The summed E-state index contributed by atoms with van der Waals surface area (Å²) in [5.41, 5.74) is 22.2. The fourth-order valence-electron chi connectivity index (χ4n) is 9.53. The van der Waals surface area contributed by atoms with Gasteiger partial charge < -0.3 is 10.2 Å². The molecule has 0 saturated carbocycles. The van der Waals surface area contributed by atoms with Gasteiger partial charge in [0.1, 0.15) is 0 Å². The summed E-state index contributed by atoms with van der Waals surface area (Å²) in [7, 11) is -1.81.